The molecule has 2 aromatic rings. The number of hydrogen-bond acceptors (Lipinski definition) is 4. The molecule has 3 rings (SSSR count). The van der Waals surface area contributed by atoms with E-state index in [4.69, 9.17) is 5.73 Å². The normalized spacial score (nSPS) is 16.1. The number of nitrogens with two attached hydrogens (primary N) is 1. The third-order valence-corrected chi connectivity index (χ3v) is 5.63. The van der Waals surface area contributed by atoms with Crippen molar-refractivity contribution in [3.05, 3.63) is 41.2 Å². The van der Waals surface area contributed by atoms with Gasteiger partial charge in [0.2, 0.25) is 10.0 Å². The molecule has 6 nitrogen and oxygen atoms in total. The maximum atomic E-state index is 12.6. The summed E-state index contributed by atoms with van der Waals surface area (Å²) in [5.74, 6) is 0. The van der Waals surface area contributed by atoms with Crippen molar-refractivity contribution in [2.24, 2.45) is 0 Å². The zero-order valence-electron chi connectivity index (χ0n) is 11.1. The van der Waals surface area contributed by atoms with Crippen LogP contribution in [0.4, 0.5) is 5.69 Å². The Balaban J connectivity index is 1.98. The summed E-state index contributed by atoms with van der Waals surface area (Å²) in [4.78, 5) is 0.232. The van der Waals surface area contributed by atoms with E-state index in [-0.39, 0.29) is 4.90 Å². The Morgan fingerprint density at radius 2 is 2.20 bits per heavy atom. The third-order valence-electron chi connectivity index (χ3n) is 3.68. The van der Waals surface area contributed by atoms with Crippen LogP contribution in [-0.2, 0) is 23.0 Å². The van der Waals surface area contributed by atoms with Crippen LogP contribution in [0.3, 0.4) is 0 Å². The second-order valence-electron chi connectivity index (χ2n) is 4.93. The number of fused-ring (bicyclic) bond motifs is 1. The van der Waals surface area contributed by atoms with Gasteiger partial charge in [-0.15, -0.1) is 0 Å². The molecule has 1 aliphatic rings. The van der Waals surface area contributed by atoms with Gasteiger partial charge in [0.1, 0.15) is 4.90 Å². The maximum Gasteiger partial charge on any atom is 0.246 e. The highest BCUT2D eigenvalue weighted by Crippen LogP contribution is 2.28. The first kappa shape index (κ1) is 13.1. The zero-order valence-corrected chi connectivity index (χ0v) is 11.9. The molecule has 0 aliphatic carbocycles. The van der Waals surface area contributed by atoms with E-state index in [1.54, 1.807) is 13.0 Å². The maximum absolute atomic E-state index is 12.6. The molecule has 1 aliphatic heterocycles. The third kappa shape index (κ3) is 1.99. The van der Waals surface area contributed by atoms with E-state index in [1.165, 1.54) is 10.5 Å². The van der Waals surface area contributed by atoms with Crippen LogP contribution in [0.1, 0.15) is 16.8 Å². The fourth-order valence-electron chi connectivity index (χ4n) is 2.53. The van der Waals surface area contributed by atoms with Gasteiger partial charge in [-0.2, -0.15) is 9.40 Å². The van der Waals surface area contributed by atoms with Gasteiger partial charge in [0.25, 0.3) is 0 Å². The second kappa shape index (κ2) is 4.60. The van der Waals surface area contributed by atoms with Gasteiger partial charge in [0.05, 0.1) is 11.9 Å². The Hall–Kier alpha value is -1.86. The van der Waals surface area contributed by atoms with E-state index in [9.17, 15) is 8.42 Å². The van der Waals surface area contributed by atoms with E-state index in [0.29, 0.717) is 30.9 Å². The molecule has 7 heteroatoms. The number of nitrogen functional groups attached to an aromatic ring is 1. The van der Waals surface area contributed by atoms with Crippen molar-refractivity contribution in [2.75, 3.05) is 12.3 Å². The summed E-state index contributed by atoms with van der Waals surface area (Å²) in [6.45, 7) is 2.48. The summed E-state index contributed by atoms with van der Waals surface area (Å²) >= 11 is 0. The molecule has 3 N–H and O–H groups in total. The standard InChI is InChI=1S/C13H16N4O2S/c1-9-13(7-15-16-9)20(18,19)17-6-5-10-3-2-4-12(14)11(10)8-17/h2-4,7H,5-6,8,14H2,1H3,(H,15,16). The van der Waals surface area contributed by atoms with Crippen LogP contribution in [0.2, 0.25) is 0 Å². The monoisotopic (exact) mass is 292 g/mol. The molecule has 0 radical (unpaired) electrons. The van der Waals surface area contributed by atoms with E-state index in [1.807, 2.05) is 12.1 Å². The highest BCUT2D eigenvalue weighted by molar-refractivity contribution is 7.89. The molecule has 0 fully saturated rings. The van der Waals surface area contributed by atoms with Gasteiger partial charge in [-0.25, -0.2) is 8.42 Å². The molecule has 0 atom stereocenters. The molecule has 0 saturated heterocycles. The summed E-state index contributed by atoms with van der Waals surface area (Å²) < 4.78 is 26.7. The lowest BCUT2D eigenvalue weighted by Crippen LogP contribution is -2.36. The number of rotatable bonds is 2. The fraction of sp³-hybridized carbons (Fsp3) is 0.308. The molecule has 0 bridgehead atoms. The lowest BCUT2D eigenvalue weighted by Gasteiger charge is -2.28. The lowest BCUT2D eigenvalue weighted by atomic mass is 10.00. The fourth-order valence-corrected chi connectivity index (χ4v) is 4.05. The number of aryl methyl sites for hydroxylation is 1. The number of sulfonamides is 1. The average Bonchev–Trinajstić information content (AvgIpc) is 2.86. The molecule has 0 amide bonds. The predicted molar refractivity (Wildman–Crippen MR) is 75.5 cm³/mol. The van der Waals surface area contributed by atoms with Crippen molar-refractivity contribution >= 4 is 15.7 Å². The van der Waals surface area contributed by atoms with E-state index >= 15 is 0 Å². The Kier molecular flexibility index (Phi) is 3.02. The number of nitrogens with one attached hydrogen (secondary N) is 1. The van der Waals surface area contributed by atoms with Crippen molar-refractivity contribution in [2.45, 2.75) is 24.8 Å². The summed E-state index contributed by atoms with van der Waals surface area (Å²) in [6, 6.07) is 5.70. The second-order valence-corrected chi connectivity index (χ2v) is 6.84. The van der Waals surface area contributed by atoms with Crippen LogP contribution in [-0.4, -0.2) is 29.5 Å². The first-order valence-electron chi connectivity index (χ1n) is 6.36. The summed E-state index contributed by atoms with van der Waals surface area (Å²) in [6.07, 6.45) is 2.03. The van der Waals surface area contributed by atoms with Crippen molar-refractivity contribution in [3.8, 4) is 0 Å². The molecular formula is C13H16N4O2S. The SMILES string of the molecule is Cc1[nH]ncc1S(=O)(=O)N1CCc2cccc(N)c2C1. The molecular weight excluding hydrogens is 276 g/mol. The first-order chi connectivity index (χ1) is 9.50. The summed E-state index contributed by atoms with van der Waals surface area (Å²) in [7, 11) is -3.52. The Morgan fingerprint density at radius 3 is 2.90 bits per heavy atom. The van der Waals surface area contributed by atoms with E-state index in [2.05, 4.69) is 10.2 Å². The first-order valence-corrected chi connectivity index (χ1v) is 7.80. The van der Waals surface area contributed by atoms with Crippen LogP contribution in [0.15, 0.2) is 29.3 Å². The highest BCUT2D eigenvalue weighted by Gasteiger charge is 2.30. The van der Waals surface area contributed by atoms with Gasteiger partial charge in [-0.3, -0.25) is 5.10 Å². The minimum absolute atomic E-state index is 0.232. The zero-order chi connectivity index (χ0) is 14.3. The van der Waals surface area contributed by atoms with Crippen LogP contribution >= 0.6 is 0 Å². The minimum Gasteiger partial charge on any atom is -0.398 e. The molecule has 106 valence electrons. The summed E-state index contributed by atoms with van der Waals surface area (Å²) in [5, 5.41) is 6.45. The van der Waals surface area contributed by atoms with Crippen LogP contribution in [0, 0.1) is 6.92 Å². The van der Waals surface area contributed by atoms with Crippen molar-refractivity contribution in [1.29, 1.82) is 0 Å². The quantitative estimate of drug-likeness (QED) is 0.809. The van der Waals surface area contributed by atoms with Gasteiger partial charge < -0.3 is 5.73 Å². The van der Waals surface area contributed by atoms with Gasteiger partial charge in [-0.05, 0) is 30.5 Å². The number of hydrogen-bond donors (Lipinski definition) is 2. The number of anilines is 1. The summed E-state index contributed by atoms with van der Waals surface area (Å²) in [5.41, 5.74) is 9.18. The van der Waals surface area contributed by atoms with Crippen LogP contribution < -0.4 is 5.73 Å². The van der Waals surface area contributed by atoms with Crippen LogP contribution in [0.25, 0.3) is 0 Å². The topological polar surface area (TPSA) is 92.1 Å². The van der Waals surface area contributed by atoms with Gasteiger partial charge in [0, 0.05) is 18.8 Å². The minimum atomic E-state index is -3.52. The molecule has 1 aromatic heterocycles. The molecule has 0 saturated carbocycles. The van der Waals surface area contributed by atoms with Gasteiger partial charge >= 0.3 is 0 Å². The molecule has 0 unspecified atom stereocenters. The Morgan fingerprint density at radius 1 is 1.40 bits per heavy atom. The Bertz CT molecular complexity index is 751. The smallest absolute Gasteiger partial charge is 0.246 e. The lowest BCUT2D eigenvalue weighted by molar-refractivity contribution is 0.392. The van der Waals surface area contributed by atoms with Gasteiger partial charge in [-0.1, -0.05) is 12.1 Å². The van der Waals surface area contributed by atoms with Crippen LogP contribution in [0.5, 0.6) is 0 Å². The molecule has 0 spiro atoms. The largest absolute Gasteiger partial charge is 0.398 e. The Labute approximate surface area is 117 Å². The number of nitrogens with zero attached hydrogens (tertiary/aromatic N) is 2. The van der Waals surface area contributed by atoms with Crippen molar-refractivity contribution < 1.29 is 8.42 Å². The predicted octanol–water partition coefficient (Wildman–Crippen LogP) is 1.05. The number of H-pyrrole nitrogens is 1. The van der Waals surface area contributed by atoms with E-state index in [0.717, 1.165) is 11.1 Å². The average molecular weight is 292 g/mol. The molecule has 2 heterocycles. The number of aromatic amines is 1. The van der Waals surface area contributed by atoms with Gasteiger partial charge in [0.15, 0.2) is 0 Å². The van der Waals surface area contributed by atoms with E-state index < -0.39 is 10.0 Å². The van der Waals surface area contributed by atoms with Crippen molar-refractivity contribution in [1.82, 2.24) is 14.5 Å². The van der Waals surface area contributed by atoms with Crippen molar-refractivity contribution in [3.63, 3.8) is 0 Å². The number of benzene rings is 1. The highest BCUT2D eigenvalue weighted by atomic mass is 32.2. The number of aromatic nitrogens is 2. The molecule has 20 heavy (non-hydrogen) atoms. The molecule has 1 aromatic carbocycles.